The van der Waals surface area contributed by atoms with Crippen LogP contribution in [-0.4, -0.2) is 16.1 Å². The second kappa shape index (κ2) is 4.45. The van der Waals surface area contributed by atoms with Crippen LogP contribution in [0, 0.1) is 5.82 Å². The summed E-state index contributed by atoms with van der Waals surface area (Å²) in [6.45, 7) is 0.452. The molecule has 82 valence electrons. The van der Waals surface area contributed by atoms with E-state index in [9.17, 15) is 9.18 Å². The molecule has 3 nitrogen and oxygen atoms in total. The van der Waals surface area contributed by atoms with E-state index in [0.717, 1.165) is 11.8 Å². The lowest BCUT2D eigenvalue weighted by Gasteiger charge is -2.02. The molecular weight excluding hydrogens is 231 g/mol. The molecule has 0 amide bonds. The molecule has 0 fully saturated rings. The Morgan fingerprint density at radius 2 is 2.31 bits per heavy atom. The fourth-order valence-electron chi connectivity index (χ4n) is 1.35. The standard InChI is InChI=1S/C11H8ClFN2O/c12-10-3-8(1-2-11(10)13)5-15-6-9(7-16)4-14-15/h1-4,6-7H,5H2. The molecule has 1 aromatic heterocycles. The number of halogens is 2. The number of aldehydes is 1. The van der Waals surface area contributed by atoms with Crippen LogP contribution in [0.5, 0.6) is 0 Å². The average Bonchev–Trinajstić information content (AvgIpc) is 2.71. The SMILES string of the molecule is O=Cc1cnn(Cc2ccc(F)c(Cl)c2)c1. The Kier molecular flexibility index (Phi) is 3.01. The van der Waals surface area contributed by atoms with Gasteiger partial charge in [-0.25, -0.2) is 4.39 Å². The van der Waals surface area contributed by atoms with Gasteiger partial charge in [0.1, 0.15) is 5.82 Å². The summed E-state index contributed by atoms with van der Waals surface area (Å²) < 4.78 is 14.5. The molecule has 2 aromatic rings. The summed E-state index contributed by atoms with van der Waals surface area (Å²) in [6.07, 6.45) is 3.81. The minimum absolute atomic E-state index is 0.0836. The Labute approximate surface area is 96.5 Å². The van der Waals surface area contributed by atoms with Gasteiger partial charge < -0.3 is 0 Å². The highest BCUT2D eigenvalue weighted by molar-refractivity contribution is 6.30. The van der Waals surface area contributed by atoms with Crippen LogP contribution >= 0.6 is 11.6 Å². The Morgan fingerprint density at radius 3 is 2.94 bits per heavy atom. The molecule has 0 N–H and O–H groups in total. The first kappa shape index (κ1) is 10.8. The van der Waals surface area contributed by atoms with Gasteiger partial charge in [-0.1, -0.05) is 17.7 Å². The maximum absolute atomic E-state index is 12.9. The number of hydrogen-bond acceptors (Lipinski definition) is 2. The summed E-state index contributed by atoms with van der Waals surface area (Å²) in [5, 5.41) is 4.07. The van der Waals surface area contributed by atoms with E-state index in [-0.39, 0.29) is 5.02 Å². The molecule has 16 heavy (non-hydrogen) atoms. The Balaban J connectivity index is 2.20. The molecule has 0 bridgehead atoms. The lowest BCUT2D eigenvalue weighted by molar-refractivity contribution is 0.112. The summed E-state index contributed by atoms with van der Waals surface area (Å²) >= 11 is 5.65. The minimum Gasteiger partial charge on any atom is -0.298 e. The van der Waals surface area contributed by atoms with Crippen LogP contribution in [0.15, 0.2) is 30.6 Å². The first-order valence-electron chi connectivity index (χ1n) is 4.60. The fraction of sp³-hybridized carbons (Fsp3) is 0.0909. The molecule has 1 aromatic carbocycles. The third kappa shape index (κ3) is 2.28. The van der Waals surface area contributed by atoms with Crippen LogP contribution in [0.1, 0.15) is 15.9 Å². The van der Waals surface area contributed by atoms with Crippen molar-refractivity contribution < 1.29 is 9.18 Å². The van der Waals surface area contributed by atoms with E-state index in [1.165, 1.54) is 12.3 Å². The second-order valence-electron chi connectivity index (χ2n) is 3.34. The zero-order chi connectivity index (χ0) is 11.5. The molecule has 1 heterocycles. The predicted molar refractivity (Wildman–Crippen MR) is 58.1 cm³/mol. The monoisotopic (exact) mass is 238 g/mol. The average molecular weight is 239 g/mol. The van der Waals surface area contributed by atoms with E-state index in [1.54, 1.807) is 23.0 Å². The van der Waals surface area contributed by atoms with Crippen LogP contribution < -0.4 is 0 Å². The quantitative estimate of drug-likeness (QED) is 0.771. The molecule has 0 saturated carbocycles. The maximum Gasteiger partial charge on any atom is 0.153 e. The van der Waals surface area contributed by atoms with Gasteiger partial charge in [-0.15, -0.1) is 0 Å². The first-order valence-corrected chi connectivity index (χ1v) is 4.98. The van der Waals surface area contributed by atoms with Crippen molar-refractivity contribution >= 4 is 17.9 Å². The van der Waals surface area contributed by atoms with Crippen LogP contribution in [0.4, 0.5) is 4.39 Å². The molecule has 0 unspecified atom stereocenters. The lowest BCUT2D eigenvalue weighted by Crippen LogP contribution is -2.00. The summed E-state index contributed by atoms with van der Waals surface area (Å²) in [4.78, 5) is 10.4. The van der Waals surface area contributed by atoms with Crippen molar-refractivity contribution in [2.24, 2.45) is 0 Å². The summed E-state index contributed by atoms with van der Waals surface area (Å²) in [5.74, 6) is -0.445. The van der Waals surface area contributed by atoms with Crippen molar-refractivity contribution in [3.8, 4) is 0 Å². The normalized spacial score (nSPS) is 10.4. The molecule has 0 aliphatic rings. The van der Waals surface area contributed by atoms with Gasteiger partial charge >= 0.3 is 0 Å². The molecule has 0 radical (unpaired) electrons. The van der Waals surface area contributed by atoms with Gasteiger partial charge in [-0.05, 0) is 17.7 Å². The number of rotatable bonds is 3. The number of nitrogens with zero attached hydrogens (tertiary/aromatic N) is 2. The summed E-state index contributed by atoms with van der Waals surface area (Å²) in [7, 11) is 0. The summed E-state index contributed by atoms with van der Waals surface area (Å²) in [6, 6.07) is 4.48. The van der Waals surface area contributed by atoms with Crippen molar-refractivity contribution in [1.82, 2.24) is 9.78 Å². The Morgan fingerprint density at radius 1 is 1.50 bits per heavy atom. The van der Waals surface area contributed by atoms with Crippen molar-refractivity contribution in [3.63, 3.8) is 0 Å². The third-order valence-electron chi connectivity index (χ3n) is 2.12. The zero-order valence-corrected chi connectivity index (χ0v) is 8.99. The molecule has 0 saturated heterocycles. The zero-order valence-electron chi connectivity index (χ0n) is 8.23. The largest absolute Gasteiger partial charge is 0.298 e. The number of aromatic nitrogens is 2. The topological polar surface area (TPSA) is 34.9 Å². The van der Waals surface area contributed by atoms with Gasteiger partial charge in [-0.3, -0.25) is 9.48 Å². The van der Waals surface area contributed by atoms with E-state index in [0.29, 0.717) is 12.1 Å². The third-order valence-corrected chi connectivity index (χ3v) is 2.41. The minimum atomic E-state index is -0.445. The van der Waals surface area contributed by atoms with Crippen LogP contribution in [0.3, 0.4) is 0 Å². The highest BCUT2D eigenvalue weighted by Crippen LogP contribution is 2.16. The summed E-state index contributed by atoms with van der Waals surface area (Å²) in [5.41, 5.74) is 1.33. The van der Waals surface area contributed by atoms with Gasteiger partial charge in [0.25, 0.3) is 0 Å². The van der Waals surface area contributed by atoms with E-state index in [1.807, 2.05) is 0 Å². The maximum atomic E-state index is 12.9. The van der Waals surface area contributed by atoms with E-state index in [2.05, 4.69) is 5.10 Å². The number of hydrogen-bond donors (Lipinski definition) is 0. The van der Waals surface area contributed by atoms with Crippen molar-refractivity contribution in [2.45, 2.75) is 6.54 Å². The van der Waals surface area contributed by atoms with Crippen LogP contribution in [0.2, 0.25) is 5.02 Å². The van der Waals surface area contributed by atoms with E-state index >= 15 is 0 Å². The van der Waals surface area contributed by atoms with Crippen molar-refractivity contribution in [2.75, 3.05) is 0 Å². The molecule has 0 aliphatic heterocycles. The van der Waals surface area contributed by atoms with Gasteiger partial charge in [0.2, 0.25) is 0 Å². The Hall–Kier alpha value is -1.68. The highest BCUT2D eigenvalue weighted by Gasteiger charge is 2.02. The van der Waals surface area contributed by atoms with Gasteiger partial charge in [-0.2, -0.15) is 5.10 Å². The number of carbonyl (C=O) groups is 1. The molecule has 0 atom stereocenters. The predicted octanol–water partition coefficient (Wildman–Crippen LogP) is 2.54. The lowest BCUT2D eigenvalue weighted by atomic mass is 10.2. The smallest absolute Gasteiger partial charge is 0.153 e. The van der Waals surface area contributed by atoms with Crippen LogP contribution in [0.25, 0.3) is 0 Å². The van der Waals surface area contributed by atoms with E-state index in [4.69, 9.17) is 11.6 Å². The number of carbonyl (C=O) groups excluding carboxylic acids is 1. The number of benzene rings is 1. The van der Waals surface area contributed by atoms with Crippen molar-refractivity contribution in [3.05, 3.63) is 52.6 Å². The van der Waals surface area contributed by atoms with Crippen LogP contribution in [-0.2, 0) is 6.54 Å². The molecule has 0 aliphatic carbocycles. The Bertz CT molecular complexity index is 524. The second-order valence-corrected chi connectivity index (χ2v) is 3.74. The molecule has 5 heteroatoms. The van der Waals surface area contributed by atoms with Gasteiger partial charge in [0.05, 0.1) is 23.3 Å². The molecule has 0 spiro atoms. The molecular formula is C11H8ClFN2O. The van der Waals surface area contributed by atoms with Crippen molar-refractivity contribution in [1.29, 1.82) is 0 Å². The highest BCUT2D eigenvalue weighted by atomic mass is 35.5. The van der Waals surface area contributed by atoms with Gasteiger partial charge in [0.15, 0.2) is 6.29 Å². The first-order chi connectivity index (χ1) is 7.69. The molecule has 2 rings (SSSR count). The van der Waals surface area contributed by atoms with E-state index < -0.39 is 5.82 Å². The van der Waals surface area contributed by atoms with Gasteiger partial charge in [0, 0.05) is 6.20 Å². The fourth-order valence-corrected chi connectivity index (χ4v) is 1.56.